The first-order valence-electron chi connectivity index (χ1n) is 8.52. The predicted octanol–water partition coefficient (Wildman–Crippen LogP) is 3.47. The molecule has 0 radical (unpaired) electrons. The van der Waals surface area contributed by atoms with Crippen LogP contribution in [0.1, 0.15) is 33.6 Å². The van der Waals surface area contributed by atoms with Crippen molar-refractivity contribution in [3.8, 4) is 0 Å². The number of carbonyl (C=O) groups excluding carboxylic acids is 1. The second-order valence-corrected chi connectivity index (χ2v) is 8.65. The van der Waals surface area contributed by atoms with Crippen LogP contribution in [-0.4, -0.2) is 26.8 Å². The van der Waals surface area contributed by atoms with Gasteiger partial charge in [0.15, 0.2) is 5.16 Å². The van der Waals surface area contributed by atoms with E-state index in [2.05, 4.69) is 10.3 Å². The van der Waals surface area contributed by atoms with E-state index in [-0.39, 0.29) is 22.6 Å². The molecule has 1 N–H and O–H groups in total. The molecule has 1 saturated carbocycles. The molecule has 1 aliphatic carbocycles. The first-order valence-corrected chi connectivity index (χ1v) is 9.78. The van der Waals surface area contributed by atoms with E-state index < -0.39 is 0 Å². The van der Waals surface area contributed by atoms with Crippen LogP contribution in [0.15, 0.2) is 28.2 Å². The highest BCUT2D eigenvalue weighted by molar-refractivity contribution is 8.00. The summed E-state index contributed by atoms with van der Waals surface area (Å²) in [5.74, 6) is 0.278. The van der Waals surface area contributed by atoms with Crippen molar-refractivity contribution in [2.24, 2.45) is 5.92 Å². The summed E-state index contributed by atoms with van der Waals surface area (Å²) < 4.78 is 1.66. The van der Waals surface area contributed by atoms with E-state index in [1.54, 1.807) is 22.8 Å². The van der Waals surface area contributed by atoms with Crippen LogP contribution in [0.5, 0.6) is 0 Å². The van der Waals surface area contributed by atoms with Crippen LogP contribution in [-0.2, 0) is 11.3 Å². The van der Waals surface area contributed by atoms with Gasteiger partial charge in [0.05, 0.1) is 16.2 Å². The largest absolute Gasteiger partial charge is 0.352 e. The quantitative estimate of drug-likeness (QED) is 0.616. The van der Waals surface area contributed by atoms with Gasteiger partial charge in [0, 0.05) is 17.6 Å². The molecule has 1 aliphatic rings. The minimum Gasteiger partial charge on any atom is -0.352 e. The van der Waals surface area contributed by atoms with E-state index in [1.165, 1.54) is 11.8 Å². The Bertz CT molecular complexity index is 861. The van der Waals surface area contributed by atoms with Crippen molar-refractivity contribution in [2.75, 3.05) is 0 Å². The van der Waals surface area contributed by atoms with Gasteiger partial charge >= 0.3 is 0 Å². The number of rotatable bonds is 6. The highest BCUT2D eigenvalue weighted by Gasteiger charge is 2.27. The molecular weight excluding hydrogens is 358 g/mol. The number of amides is 1. The summed E-state index contributed by atoms with van der Waals surface area (Å²) in [4.78, 5) is 29.8. The monoisotopic (exact) mass is 379 g/mol. The lowest BCUT2D eigenvalue weighted by Crippen LogP contribution is -2.33. The maximum absolute atomic E-state index is 12.9. The number of carbonyl (C=O) groups is 1. The van der Waals surface area contributed by atoms with Crippen LogP contribution in [0.4, 0.5) is 0 Å². The van der Waals surface area contributed by atoms with Crippen molar-refractivity contribution in [1.82, 2.24) is 14.9 Å². The van der Waals surface area contributed by atoms with Crippen molar-refractivity contribution in [3.63, 3.8) is 0 Å². The molecule has 0 saturated heterocycles. The van der Waals surface area contributed by atoms with Crippen LogP contribution in [0, 0.1) is 5.92 Å². The van der Waals surface area contributed by atoms with Gasteiger partial charge in [-0.05, 0) is 43.9 Å². The second kappa shape index (κ2) is 7.38. The molecular formula is C18H22ClN3O2S. The topological polar surface area (TPSA) is 64.0 Å². The smallest absolute Gasteiger partial charge is 0.262 e. The van der Waals surface area contributed by atoms with Gasteiger partial charge in [-0.25, -0.2) is 4.98 Å². The first-order chi connectivity index (χ1) is 11.8. The van der Waals surface area contributed by atoms with Gasteiger partial charge in [0.25, 0.3) is 5.56 Å². The number of hydrogen-bond donors (Lipinski definition) is 1. The minimum atomic E-state index is -0.310. The van der Waals surface area contributed by atoms with Crippen molar-refractivity contribution in [1.29, 1.82) is 0 Å². The second-order valence-electron chi connectivity index (χ2n) is 6.91. The molecule has 0 unspecified atom stereocenters. The molecule has 1 amide bonds. The van der Waals surface area contributed by atoms with Crippen molar-refractivity contribution < 1.29 is 4.79 Å². The summed E-state index contributed by atoms with van der Waals surface area (Å²) in [6.07, 6.45) is 2.10. The predicted molar refractivity (Wildman–Crippen MR) is 102 cm³/mol. The number of halogens is 1. The lowest BCUT2D eigenvalue weighted by molar-refractivity contribution is -0.120. The average Bonchev–Trinajstić information content (AvgIpc) is 3.35. The van der Waals surface area contributed by atoms with Gasteiger partial charge in [0.1, 0.15) is 0 Å². The Hall–Kier alpha value is -1.53. The van der Waals surface area contributed by atoms with Crippen LogP contribution in [0.3, 0.4) is 0 Å². The zero-order chi connectivity index (χ0) is 18.1. The standard InChI is InChI=1S/C18H22ClN3O2S/c1-10(2)9-22-17(24)14-8-12(19)4-7-15(14)21-18(22)25-11(3)16(23)20-13-5-6-13/h4,7-8,10-11,13H,5-6,9H2,1-3H3,(H,20,23)/t11-/m0/s1. The summed E-state index contributed by atoms with van der Waals surface area (Å²) in [7, 11) is 0. The highest BCUT2D eigenvalue weighted by Crippen LogP contribution is 2.26. The summed E-state index contributed by atoms with van der Waals surface area (Å²) in [5.41, 5.74) is 0.491. The van der Waals surface area contributed by atoms with E-state index in [0.717, 1.165) is 12.8 Å². The van der Waals surface area contributed by atoms with Crippen molar-refractivity contribution in [3.05, 3.63) is 33.6 Å². The molecule has 1 atom stereocenters. The lowest BCUT2D eigenvalue weighted by atomic mass is 10.2. The Morgan fingerprint density at radius 2 is 2.12 bits per heavy atom. The Morgan fingerprint density at radius 3 is 2.76 bits per heavy atom. The number of fused-ring (bicyclic) bond motifs is 1. The Morgan fingerprint density at radius 1 is 1.40 bits per heavy atom. The van der Waals surface area contributed by atoms with Gasteiger partial charge in [0.2, 0.25) is 5.91 Å². The molecule has 0 spiro atoms. The van der Waals surface area contributed by atoms with E-state index in [4.69, 9.17) is 11.6 Å². The lowest BCUT2D eigenvalue weighted by Gasteiger charge is -2.17. The number of benzene rings is 1. The third kappa shape index (κ3) is 4.36. The van der Waals surface area contributed by atoms with E-state index >= 15 is 0 Å². The summed E-state index contributed by atoms with van der Waals surface area (Å²) in [6, 6.07) is 5.44. The number of nitrogens with zero attached hydrogens (tertiary/aromatic N) is 2. The van der Waals surface area contributed by atoms with Gasteiger partial charge in [-0.15, -0.1) is 0 Å². The number of thioether (sulfide) groups is 1. The van der Waals surface area contributed by atoms with Gasteiger partial charge in [-0.1, -0.05) is 37.2 Å². The fourth-order valence-electron chi connectivity index (χ4n) is 2.55. The minimum absolute atomic E-state index is 0.00551. The van der Waals surface area contributed by atoms with Crippen LogP contribution >= 0.6 is 23.4 Å². The van der Waals surface area contributed by atoms with Crippen LogP contribution in [0.25, 0.3) is 10.9 Å². The molecule has 1 heterocycles. The maximum atomic E-state index is 12.9. The van der Waals surface area contributed by atoms with Gasteiger partial charge in [-0.2, -0.15) is 0 Å². The molecule has 5 nitrogen and oxygen atoms in total. The van der Waals surface area contributed by atoms with Gasteiger partial charge < -0.3 is 5.32 Å². The molecule has 7 heteroatoms. The third-order valence-corrected chi connectivity index (χ3v) is 5.33. The first kappa shape index (κ1) is 18.3. The van der Waals surface area contributed by atoms with Crippen LogP contribution < -0.4 is 10.9 Å². The fourth-order valence-corrected chi connectivity index (χ4v) is 3.65. The molecule has 0 aliphatic heterocycles. The summed E-state index contributed by atoms with van der Waals surface area (Å²) in [6.45, 7) is 6.49. The molecule has 0 bridgehead atoms. The maximum Gasteiger partial charge on any atom is 0.262 e. The van der Waals surface area contributed by atoms with E-state index in [1.807, 2.05) is 20.8 Å². The number of nitrogens with one attached hydrogen (secondary N) is 1. The number of hydrogen-bond acceptors (Lipinski definition) is 4. The van der Waals surface area contributed by atoms with Crippen molar-refractivity contribution >= 4 is 40.2 Å². The highest BCUT2D eigenvalue weighted by atomic mass is 35.5. The van der Waals surface area contributed by atoms with Gasteiger partial charge in [-0.3, -0.25) is 14.2 Å². The number of aromatic nitrogens is 2. The zero-order valence-corrected chi connectivity index (χ0v) is 16.2. The Labute approximate surface area is 156 Å². The Kier molecular flexibility index (Phi) is 5.39. The zero-order valence-electron chi connectivity index (χ0n) is 14.6. The van der Waals surface area contributed by atoms with E-state index in [9.17, 15) is 9.59 Å². The molecule has 1 fully saturated rings. The fraction of sp³-hybridized carbons (Fsp3) is 0.500. The summed E-state index contributed by atoms with van der Waals surface area (Å²) in [5, 5.41) is 4.29. The average molecular weight is 380 g/mol. The molecule has 134 valence electrons. The molecule has 1 aromatic heterocycles. The molecule has 25 heavy (non-hydrogen) atoms. The van der Waals surface area contributed by atoms with Crippen LogP contribution in [0.2, 0.25) is 5.02 Å². The summed E-state index contributed by atoms with van der Waals surface area (Å²) >= 11 is 7.36. The molecule has 1 aromatic carbocycles. The van der Waals surface area contributed by atoms with Crippen molar-refractivity contribution in [2.45, 2.75) is 56.6 Å². The van der Waals surface area contributed by atoms with E-state index in [0.29, 0.717) is 33.7 Å². The normalized spacial score (nSPS) is 15.6. The third-order valence-electron chi connectivity index (χ3n) is 4.00. The molecule has 3 rings (SSSR count). The SMILES string of the molecule is CC(C)Cn1c(S[C@@H](C)C(=O)NC2CC2)nc2ccc(Cl)cc2c1=O. The Balaban J connectivity index is 1.97. The molecule has 2 aromatic rings.